The van der Waals surface area contributed by atoms with Crippen molar-refractivity contribution in [3.05, 3.63) is 118 Å². The van der Waals surface area contributed by atoms with Crippen molar-refractivity contribution in [3.8, 4) is 23.0 Å². The minimum absolute atomic E-state index is 0.204. The third-order valence-electron chi connectivity index (χ3n) is 7.80. The molecule has 4 aromatic carbocycles. The number of carbonyl (C=O) groups excluding carboxylic acids is 2. The highest BCUT2D eigenvalue weighted by molar-refractivity contribution is 7.86. The van der Waals surface area contributed by atoms with Crippen LogP contribution in [-0.4, -0.2) is 52.3 Å². The van der Waals surface area contributed by atoms with Crippen molar-refractivity contribution in [2.75, 3.05) is 26.6 Å². The number of hydrogen-bond donors (Lipinski definition) is 0. The van der Waals surface area contributed by atoms with Gasteiger partial charge in [0.25, 0.3) is 0 Å². The quantitative estimate of drug-likeness (QED) is 0.0507. The van der Waals surface area contributed by atoms with Gasteiger partial charge in [-0.05, 0) is 83.8 Å². The first-order chi connectivity index (χ1) is 23.3. The summed E-state index contributed by atoms with van der Waals surface area (Å²) < 4.78 is 49.7. The SMILES string of the molecule is CCC(=O)Oc1ccc(OCCc2cccc(Cl)c2C(C)(c2ccc(CCOc3ccc(OS(C)(=O)=O)cc3)cc2)C(Cl)C(=O)OC)cc1. The standard InChI is InChI=1S/C37H38Cl2O9S/c1-5-33(40)47-30-17-13-28(14-18-30)46-24-22-26-7-6-8-32(38)34(26)37(2,35(39)36(41)44-3)27-11-9-25(10-12-27)21-23-45-29-15-19-31(20-16-29)48-49(4,42)43/h6-20,35H,5,21-24H2,1-4H3. The maximum atomic E-state index is 13.0. The van der Waals surface area contributed by atoms with Gasteiger partial charge >= 0.3 is 22.1 Å². The van der Waals surface area contributed by atoms with Crippen molar-refractivity contribution in [3.63, 3.8) is 0 Å². The predicted molar refractivity (Wildman–Crippen MR) is 189 cm³/mol. The first-order valence-corrected chi connectivity index (χ1v) is 18.1. The lowest BCUT2D eigenvalue weighted by Crippen LogP contribution is -2.41. The van der Waals surface area contributed by atoms with Gasteiger partial charge in [0.2, 0.25) is 0 Å². The molecular weight excluding hydrogens is 691 g/mol. The number of ether oxygens (including phenoxy) is 4. The minimum Gasteiger partial charge on any atom is -0.493 e. The van der Waals surface area contributed by atoms with E-state index in [0.717, 1.165) is 22.9 Å². The van der Waals surface area contributed by atoms with Crippen LogP contribution in [0.1, 0.15) is 42.5 Å². The summed E-state index contributed by atoms with van der Waals surface area (Å²) in [5, 5.41) is -0.665. The third kappa shape index (κ3) is 10.1. The Balaban J connectivity index is 1.50. The van der Waals surface area contributed by atoms with Crippen LogP contribution in [0, 0.1) is 0 Å². The molecule has 9 nitrogen and oxygen atoms in total. The van der Waals surface area contributed by atoms with E-state index in [9.17, 15) is 18.0 Å². The number of alkyl halides is 1. The molecule has 0 N–H and O–H groups in total. The lowest BCUT2D eigenvalue weighted by Gasteiger charge is -2.36. The van der Waals surface area contributed by atoms with Gasteiger partial charge in [-0.25, -0.2) is 0 Å². The molecule has 0 saturated heterocycles. The van der Waals surface area contributed by atoms with E-state index < -0.39 is 26.9 Å². The highest BCUT2D eigenvalue weighted by Gasteiger charge is 2.44. The van der Waals surface area contributed by atoms with Crippen LogP contribution in [0.25, 0.3) is 0 Å². The van der Waals surface area contributed by atoms with Crippen molar-refractivity contribution in [2.24, 2.45) is 0 Å². The smallest absolute Gasteiger partial charge is 0.325 e. The Morgan fingerprint density at radius 3 is 1.90 bits per heavy atom. The van der Waals surface area contributed by atoms with Crippen LogP contribution in [0.5, 0.6) is 23.0 Å². The topological polar surface area (TPSA) is 114 Å². The molecule has 0 heterocycles. The van der Waals surface area contributed by atoms with Crippen LogP contribution in [0.2, 0.25) is 5.02 Å². The summed E-state index contributed by atoms with van der Waals surface area (Å²) in [6.45, 7) is 4.27. The molecule has 0 saturated carbocycles. The van der Waals surface area contributed by atoms with Crippen LogP contribution in [-0.2, 0) is 42.7 Å². The summed E-state index contributed by atoms with van der Waals surface area (Å²) in [6.07, 6.45) is 2.30. The summed E-state index contributed by atoms with van der Waals surface area (Å²) in [5.74, 6) is 0.899. The van der Waals surface area contributed by atoms with E-state index in [4.69, 9.17) is 46.3 Å². The second-order valence-corrected chi connectivity index (χ2v) is 13.7. The van der Waals surface area contributed by atoms with Crippen LogP contribution >= 0.6 is 23.2 Å². The molecule has 0 bridgehead atoms. The maximum absolute atomic E-state index is 13.0. The summed E-state index contributed by atoms with van der Waals surface area (Å²) >= 11 is 13.8. The fourth-order valence-electron chi connectivity index (χ4n) is 5.27. The largest absolute Gasteiger partial charge is 0.493 e. The normalized spacial score (nSPS) is 13.1. The van der Waals surface area contributed by atoms with Crippen LogP contribution in [0.3, 0.4) is 0 Å². The summed E-state index contributed by atoms with van der Waals surface area (Å²) in [7, 11) is -2.32. The minimum atomic E-state index is -3.61. The monoisotopic (exact) mass is 728 g/mol. The molecule has 49 heavy (non-hydrogen) atoms. The molecule has 0 aliphatic carbocycles. The molecule has 2 unspecified atom stereocenters. The van der Waals surface area contributed by atoms with Crippen molar-refractivity contribution in [1.82, 2.24) is 0 Å². The summed E-state index contributed by atoms with van der Waals surface area (Å²) in [4.78, 5) is 24.5. The molecule has 260 valence electrons. The zero-order valence-corrected chi connectivity index (χ0v) is 29.9. The van der Waals surface area contributed by atoms with E-state index in [0.29, 0.717) is 53.9 Å². The van der Waals surface area contributed by atoms with Crippen LogP contribution in [0.4, 0.5) is 0 Å². The fraction of sp³-hybridized carbons (Fsp3) is 0.297. The number of hydrogen-bond acceptors (Lipinski definition) is 9. The van der Waals surface area contributed by atoms with Gasteiger partial charge in [-0.3, -0.25) is 9.59 Å². The van der Waals surface area contributed by atoms with Crippen LogP contribution in [0.15, 0.2) is 91.0 Å². The van der Waals surface area contributed by atoms with Crippen molar-refractivity contribution < 1.29 is 41.1 Å². The lowest BCUT2D eigenvalue weighted by molar-refractivity contribution is -0.141. The fourth-order valence-corrected chi connectivity index (χ4v) is 6.45. The van der Waals surface area contributed by atoms with E-state index in [1.54, 1.807) is 49.4 Å². The van der Waals surface area contributed by atoms with Gasteiger partial charge in [0.05, 0.1) is 26.6 Å². The summed E-state index contributed by atoms with van der Waals surface area (Å²) in [5.41, 5.74) is 2.19. The predicted octanol–water partition coefficient (Wildman–Crippen LogP) is 7.32. The molecule has 0 fully saturated rings. The van der Waals surface area contributed by atoms with Crippen molar-refractivity contribution in [1.29, 1.82) is 0 Å². The Morgan fingerprint density at radius 2 is 1.35 bits per heavy atom. The van der Waals surface area contributed by atoms with E-state index in [1.807, 2.05) is 43.3 Å². The number of carbonyl (C=O) groups is 2. The van der Waals surface area contributed by atoms with Gasteiger partial charge in [0.15, 0.2) is 0 Å². The second-order valence-electron chi connectivity index (χ2n) is 11.3. The van der Waals surface area contributed by atoms with Crippen molar-refractivity contribution in [2.45, 2.75) is 43.9 Å². The molecule has 0 spiro atoms. The molecule has 0 radical (unpaired) electrons. The zero-order chi connectivity index (χ0) is 35.6. The Bertz CT molecular complexity index is 1830. The van der Waals surface area contributed by atoms with E-state index in [2.05, 4.69) is 0 Å². The van der Waals surface area contributed by atoms with E-state index in [-0.39, 0.29) is 18.1 Å². The van der Waals surface area contributed by atoms with Gasteiger partial charge in [0, 0.05) is 29.7 Å². The molecule has 2 atom stereocenters. The average molecular weight is 730 g/mol. The Kier molecular flexibility index (Phi) is 13.0. The first kappa shape index (κ1) is 37.6. The molecule has 0 aliphatic rings. The van der Waals surface area contributed by atoms with E-state index >= 15 is 0 Å². The van der Waals surface area contributed by atoms with E-state index in [1.165, 1.54) is 19.2 Å². The Morgan fingerprint density at radius 1 is 0.796 bits per heavy atom. The molecular formula is C37H38Cl2O9S. The molecule has 0 aromatic heterocycles. The Hall–Kier alpha value is -4.25. The number of esters is 2. The van der Waals surface area contributed by atoms with Gasteiger partial charge < -0.3 is 23.1 Å². The molecule has 12 heteroatoms. The van der Waals surface area contributed by atoms with Gasteiger partial charge in [-0.2, -0.15) is 8.42 Å². The average Bonchev–Trinajstić information content (AvgIpc) is 3.08. The number of halogens is 2. The molecule has 0 aliphatic heterocycles. The number of benzene rings is 4. The number of rotatable bonds is 16. The molecule has 0 amide bonds. The van der Waals surface area contributed by atoms with Crippen LogP contribution < -0.4 is 18.4 Å². The van der Waals surface area contributed by atoms with Gasteiger partial charge in [-0.15, -0.1) is 11.6 Å². The van der Waals surface area contributed by atoms with Gasteiger partial charge in [0.1, 0.15) is 28.4 Å². The maximum Gasteiger partial charge on any atom is 0.325 e. The number of methoxy groups -OCH3 is 1. The second kappa shape index (κ2) is 16.9. The summed E-state index contributed by atoms with van der Waals surface area (Å²) in [6, 6.07) is 26.4. The Labute approximate surface area is 297 Å². The lowest BCUT2D eigenvalue weighted by atomic mass is 9.71. The van der Waals surface area contributed by atoms with Gasteiger partial charge in [-0.1, -0.05) is 54.9 Å². The highest BCUT2D eigenvalue weighted by atomic mass is 35.5. The third-order valence-corrected chi connectivity index (χ3v) is 9.23. The highest BCUT2D eigenvalue weighted by Crippen LogP contribution is 2.44. The van der Waals surface area contributed by atoms with Crippen molar-refractivity contribution >= 4 is 45.3 Å². The molecule has 4 rings (SSSR count). The molecule has 4 aromatic rings. The first-order valence-electron chi connectivity index (χ1n) is 15.5. The zero-order valence-electron chi connectivity index (χ0n) is 27.6.